The lowest BCUT2D eigenvalue weighted by Gasteiger charge is -2.42. The Labute approximate surface area is 535 Å². The van der Waals surface area contributed by atoms with Crippen LogP contribution >= 0.6 is 23.2 Å². The molecule has 480 valence electrons. The van der Waals surface area contributed by atoms with Crippen molar-refractivity contribution in [2.75, 3.05) is 28.4 Å². The number of nitrogens with two attached hydrogens (primary N) is 1. The van der Waals surface area contributed by atoms with E-state index >= 15 is 24.0 Å². The molecule has 7 N–H and O–H groups in total. The molecular weight excluding hydrogens is 1210 g/mol. The van der Waals surface area contributed by atoms with Crippen molar-refractivity contribution in [3.63, 3.8) is 0 Å². The van der Waals surface area contributed by atoms with E-state index in [0.717, 1.165) is 0 Å². The number of rotatable bonds is 13. The Balaban J connectivity index is 1.41. The van der Waals surface area contributed by atoms with Crippen molar-refractivity contribution in [2.24, 2.45) is 17.6 Å². The summed E-state index contributed by atoms with van der Waals surface area (Å²) in [5.74, 6) is -9.50. The molecule has 10 rings (SSSR count). The molecule has 0 spiro atoms. The zero-order valence-electron chi connectivity index (χ0n) is 53.2. The van der Waals surface area contributed by atoms with Gasteiger partial charge in [0.15, 0.2) is 37.2 Å². The summed E-state index contributed by atoms with van der Waals surface area (Å²) in [7, 11) is 2.96. The van der Waals surface area contributed by atoms with Gasteiger partial charge in [-0.2, -0.15) is 0 Å². The maximum absolute atomic E-state index is 16.1. The van der Waals surface area contributed by atoms with Crippen molar-refractivity contribution in [1.82, 2.24) is 26.6 Å². The summed E-state index contributed by atoms with van der Waals surface area (Å²) >= 11 is 14.4. The number of hydrogen-bond donors (Lipinski definition) is 6. The average Bonchev–Trinajstić information content (AvgIpc) is 0.807. The Bertz CT molecular complexity index is 3660. The number of ether oxygens (including phenoxy) is 5. The summed E-state index contributed by atoms with van der Waals surface area (Å²) in [5, 5.41) is 14.3. The fourth-order valence-electron chi connectivity index (χ4n) is 11.5. The first-order valence-corrected chi connectivity index (χ1v) is 33.5. The van der Waals surface area contributed by atoms with E-state index in [2.05, 4.69) is 26.6 Å². The van der Waals surface area contributed by atoms with Crippen LogP contribution in [-0.4, -0.2) is 102 Å². The van der Waals surface area contributed by atoms with E-state index in [1.165, 1.54) is 46.5 Å². The highest BCUT2D eigenvalue weighted by Gasteiger charge is 2.46. The molecule has 5 amide bonds. The van der Waals surface area contributed by atoms with Crippen LogP contribution in [-0.2, 0) is 42.8 Å². The van der Waals surface area contributed by atoms with Crippen molar-refractivity contribution in [3.8, 4) is 51.4 Å². The zero-order chi connectivity index (χ0) is 66.0. The number of aryl methyl sites for hydroxylation is 1. The van der Waals surface area contributed by atoms with E-state index in [4.69, 9.17) is 57.0 Å². The maximum Gasteiger partial charge on any atom is 0.244 e. The molecule has 20 nitrogen and oxygen atoms in total. The number of halogens is 2. The maximum atomic E-state index is 16.1. The van der Waals surface area contributed by atoms with Gasteiger partial charge in [0, 0.05) is 36.3 Å². The highest BCUT2D eigenvalue weighted by atomic mass is 35.5. The van der Waals surface area contributed by atoms with E-state index in [1.807, 2.05) is 54.6 Å². The fourth-order valence-corrected chi connectivity index (χ4v) is 13.2. The molecular formula is C67H80Cl2N6O14Si. The minimum absolute atomic E-state index is 0.0154. The summed E-state index contributed by atoms with van der Waals surface area (Å²) < 4.78 is 38.4. The third-order valence-electron chi connectivity index (χ3n) is 17.4. The van der Waals surface area contributed by atoms with Gasteiger partial charge in [0.05, 0.1) is 55.4 Å². The fraction of sp³-hybridized carbons (Fsp3) is 0.433. The van der Waals surface area contributed by atoms with Crippen LogP contribution in [0.2, 0.25) is 28.2 Å². The molecule has 0 unspecified atom stereocenters. The second-order valence-electron chi connectivity index (χ2n) is 25.3. The second-order valence-corrected chi connectivity index (χ2v) is 30.9. The second kappa shape index (κ2) is 27.7. The molecule has 0 saturated heterocycles. The number of likely N-dealkylation sites (N-methyl/N-ethyl adjacent to an activating group) is 1. The largest absolute Gasteiger partial charge is 0.496 e. The van der Waals surface area contributed by atoms with E-state index in [0.29, 0.717) is 45.6 Å². The Morgan fingerprint density at radius 2 is 1.34 bits per heavy atom. The van der Waals surface area contributed by atoms with Crippen LogP contribution in [0.15, 0.2) is 78.9 Å². The quantitative estimate of drug-likeness (QED) is 0.0598. The van der Waals surface area contributed by atoms with Gasteiger partial charge in [0.25, 0.3) is 0 Å². The first-order valence-electron chi connectivity index (χ1n) is 29.8. The van der Waals surface area contributed by atoms with Gasteiger partial charge < -0.3 is 60.4 Å². The number of ketones is 3. The molecule has 5 aliphatic rings. The van der Waals surface area contributed by atoms with Crippen molar-refractivity contribution in [3.05, 3.63) is 122 Å². The summed E-state index contributed by atoms with van der Waals surface area (Å²) in [6.07, 6.45) is -2.99. The summed E-state index contributed by atoms with van der Waals surface area (Å²) in [6, 6.07) is 13.9. The predicted molar refractivity (Wildman–Crippen MR) is 343 cm³/mol. The number of hydrogen-bond acceptors (Lipinski definition) is 15. The number of Topliss-reactive ketones (excluding diaryl/α,β-unsaturated/α-hetero) is 3. The van der Waals surface area contributed by atoms with Gasteiger partial charge in [0.2, 0.25) is 35.3 Å². The first kappa shape index (κ1) is 68.1. The van der Waals surface area contributed by atoms with Gasteiger partial charge in [-0.25, -0.2) is 0 Å². The highest BCUT2D eigenvalue weighted by Crippen LogP contribution is 2.50. The van der Waals surface area contributed by atoms with Crippen LogP contribution in [0, 0.1) is 18.8 Å². The Hall–Kier alpha value is -7.82. The minimum Gasteiger partial charge on any atom is -0.496 e. The van der Waals surface area contributed by atoms with Crippen LogP contribution in [0.3, 0.4) is 0 Å². The van der Waals surface area contributed by atoms with E-state index < -0.39 is 134 Å². The van der Waals surface area contributed by atoms with Crippen LogP contribution in [0.25, 0.3) is 11.1 Å². The normalized spacial score (nSPS) is 21.8. The topological polar surface area (TPSA) is 278 Å². The molecule has 90 heavy (non-hydrogen) atoms. The first-order chi connectivity index (χ1) is 42.4. The molecule has 9 atom stereocenters. The average molecular weight is 1290 g/mol. The lowest BCUT2D eigenvalue weighted by Crippen LogP contribution is -2.55. The summed E-state index contributed by atoms with van der Waals surface area (Å²) in [6.45, 7) is 18.7. The number of benzene rings is 5. The molecule has 23 heteroatoms. The lowest BCUT2D eigenvalue weighted by molar-refractivity contribution is -0.137. The molecule has 11 bridgehead atoms. The SMILES string of the molecule is CN[C@@H](CC(C)C)C(=O)N[C@H]1C(=O)C[C@@H](CC(N)=O)C(=O)N[C@H]2C(=O)C[C@H]3C(=O)N[C@H](C(=O)N[C@@H](C(C)=O)c4cc(C)cc(OC)c4-c4cc3ccc4OC)[C@H](C)c3ccc(c(Cl)c3)Oc3cc2cc(c3OC)Oc2ccc(cc2Cl)[C@H]1O[Si](C)(C)C(C)(C)C. The van der Waals surface area contributed by atoms with E-state index in [9.17, 15) is 14.4 Å². The third kappa shape index (κ3) is 14.7. The number of fused-ring (bicyclic) bond motifs is 15. The standard InChI is InChI=1S/C67H80Cl2N6O14Si/c1-32(2)21-46(71-9)65(82)75-60-47(77)27-40(30-55(70)79)63(80)74-59-39-28-53(62(86-12)54(29-39)88-51-20-17-38(26-45(51)69)61(60)89-90(13,14)67(6,7)8)87-50-19-15-36(25-44(50)68)34(4)57-66(83)73-58(35(5)76)43-22-33(3)23-52(85-11)56(43)42-24-37(16-18-49(42)84-10)41(31-48(59)78)64(81)72-57/h15-20,22-26,28-29,32,34,40-41,46,57-61,71H,21,27,30-31H2,1-14H3,(H2,70,79)(H,72,81)(H,73,83)(H,74,80)(H,75,82)/t34-,40+,41-,46+,57+,58+,59-,60+,61-/m1/s1. The highest BCUT2D eigenvalue weighted by molar-refractivity contribution is 6.74. The van der Waals surface area contributed by atoms with E-state index in [-0.39, 0.29) is 61.6 Å². The molecule has 5 aromatic rings. The van der Waals surface area contributed by atoms with Crippen molar-refractivity contribution in [1.29, 1.82) is 0 Å². The minimum atomic E-state index is -2.92. The monoisotopic (exact) mass is 1290 g/mol. The summed E-state index contributed by atoms with van der Waals surface area (Å²) in [4.78, 5) is 120. The number of nitrogens with one attached hydrogen (secondary N) is 5. The van der Waals surface area contributed by atoms with Gasteiger partial charge in [-0.15, -0.1) is 0 Å². The Morgan fingerprint density at radius 3 is 1.90 bits per heavy atom. The number of amides is 5. The van der Waals surface area contributed by atoms with Crippen LogP contribution in [0.1, 0.15) is 138 Å². The van der Waals surface area contributed by atoms with Crippen molar-refractivity contribution >= 4 is 78.4 Å². The summed E-state index contributed by atoms with van der Waals surface area (Å²) in [5.41, 5.74) is 8.72. The van der Waals surface area contributed by atoms with Gasteiger partial charge in [-0.1, -0.05) is 89.0 Å². The lowest BCUT2D eigenvalue weighted by atomic mass is 9.83. The third-order valence-corrected chi connectivity index (χ3v) is 22.5. The number of methoxy groups -OCH3 is 3. The molecule has 5 aliphatic heterocycles. The molecule has 0 aliphatic carbocycles. The van der Waals surface area contributed by atoms with Gasteiger partial charge >= 0.3 is 0 Å². The smallest absolute Gasteiger partial charge is 0.244 e. The number of carbonyl (C=O) groups excluding carboxylic acids is 8. The molecule has 5 aromatic carbocycles. The molecule has 0 saturated carbocycles. The molecule has 0 aromatic heterocycles. The van der Waals surface area contributed by atoms with Crippen molar-refractivity contribution in [2.45, 2.75) is 147 Å². The predicted octanol–water partition coefficient (Wildman–Crippen LogP) is 10.5. The molecule has 5 heterocycles. The van der Waals surface area contributed by atoms with Crippen LogP contribution in [0.5, 0.6) is 40.2 Å². The van der Waals surface area contributed by atoms with Gasteiger partial charge in [-0.3, -0.25) is 38.4 Å². The number of carbonyl (C=O) groups is 8. The van der Waals surface area contributed by atoms with Crippen LogP contribution in [0.4, 0.5) is 0 Å². The zero-order valence-corrected chi connectivity index (χ0v) is 55.7. The van der Waals surface area contributed by atoms with Gasteiger partial charge in [-0.05, 0) is 139 Å². The van der Waals surface area contributed by atoms with E-state index in [1.54, 1.807) is 74.6 Å². The molecule has 0 radical (unpaired) electrons. The van der Waals surface area contributed by atoms with Gasteiger partial charge in [0.1, 0.15) is 47.2 Å². The Morgan fingerprint density at radius 1 is 0.733 bits per heavy atom. The Kier molecular flexibility index (Phi) is 21.0. The van der Waals surface area contributed by atoms with Crippen LogP contribution < -0.4 is 56.0 Å². The molecule has 0 fully saturated rings. The number of primary amides is 1. The van der Waals surface area contributed by atoms with Crippen molar-refractivity contribution < 1.29 is 66.5 Å².